The molecule has 0 amide bonds. The van der Waals surface area contributed by atoms with Gasteiger partial charge in [0.25, 0.3) is 0 Å². The molecule has 18 heavy (non-hydrogen) atoms. The molecule has 1 aliphatic rings. The molecule has 0 heterocycles. The highest BCUT2D eigenvalue weighted by Gasteiger charge is 2.33. The summed E-state index contributed by atoms with van der Waals surface area (Å²) in [5.74, 6) is 2.44. The van der Waals surface area contributed by atoms with Gasteiger partial charge in [0, 0.05) is 11.6 Å². The molecule has 0 spiro atoms. The molecule has 2 unspecified atom stereocenters. The fourth-order valence-electron chi connectivity index (χ4n) is 2.38. The number of rotatable bonds is 5. The first-order chi connectivity index (χ1) is 8.60. The van der Waals surface area contributed by atoms with Crippen molar-refractivity contribution in [3.63, 3.8) is 0 Å². The van der Waals surface area contributed by atoms with Crippen molar-refractivity contribution in [2.75, 3.05) is 14.2 Å². The van der Waals surface area contributed by atoms with Crippen LogP contribution in [0.4, 0.5) is 0 Å². The van der Waals surface area contributed by atoms with E-state index in [2.05, 4.69) is 6.92 Å². The number of ether oxygens (including phenoxy) is 2. The molecule has 0 radical (unpaired) electrons. The first-order valence-electron chi connectivity index (χ1n) is 6.26. The second-order valence-electron chi connectivity index (χ2n) is 4.93. The van der Waals surface area contributed by atoms with Crippen LogP contribution in [0.5, 0.6) is 11.5 Å². The Morgan fingerprint density at radius 3 is 2.44 bits per heavy atom. The summed E-state index contributed by atoms with van der Waals surface area (Å²) in [6, 6.07) is 3.75. The van der Waals surface area contributed by atoms with E-state index in [0.29, 0.717) is 22.4 Å². The van der Waals surface area contributed by atoms with Crippen LogP contribution in [0.3, 0.4) is 0 Å². The molecule has 1 saturated carbocycles. The molecule has 1 aromatic rings. The van der Waals surface area contributed by atoms with Crippen molar-refractivity contribution in [3.8, 4) is 11.5 Å². The largest absolute Gasteiger partial charge is 0.495 e. The van der Waals surface area contributed by atoms with Crippen molar-refractivity contribution in [2.24, 2.45) is 17.6 Å². The molecular weight excluding hydrogens is 250 g/mol. The van der Waals surface area contributed by atoms with Crippen molar-refractivity contribution >= 4 is 11.6 Å². The molecule has 0 saturated heterocycles. The summed E-state index contributed by atoms with van der Waals surface area (Å²) in [6.07, 6.45) is 2.56. The van der Waals surface area contributed by atoms with E-state index in [1.165, 1.54) is 12.8 Å². The highest BCUT2D eigenvalue weighted by molar-refractivity contribution is 6.33. The van der Waals surface area contributed by atoms with Crippen molar-refractivity contribution in [2.45, 2.75) is 25.8 Å². The maximum Gasteiger partial charge on any atom is 0.146 e. The Hall–Kier alpha value is -0.930. The predicted molar refractivity (Wildman–Crippen MR) is 73.4 cm³/mol. The Morgan fingerprint density at radius 1 is 1.28 bits per heavy atom. The van der Waals surface area contributed by atoms with Gasteiger partial charge in [-0.05, 0) is 36.8 Å². The molecule has 0 aromatic heterocycles. The van der Waals surface area contributed by atoms with Gasteiger partial charge in [-0.25, -0.2) is 0 Å². The van der Waals surface area contributed by atoms with Gasteiger partial charge in [-0.1, -0.05) is 18.5 Å². The summed E-state index contributed by atoms with van der Waals surface area (Å²) in [5, 5.41) is 0.496. The van der Waals surface area contributed by atoms with Crippen molar-refractivity contribution in [3.05, 3.63) is 22.7 Å². The summed E-state index contributed by atoms with van der Waals surface area (Å²) < 4.78 is 10.6. The lowest BCUT2D eigenvalue weighted by Crippen LogP contribution is -2.21. The first kappa shape index (κ1) is 13.5. The van der Waals surface area contributed by atoms with E-state index in [9.17, 15) is 0 Å². The fourth-order valence-corrected chi connectivity index (χ4v) is 2.71. The lowest BCUT2D eigenvalue weighted by molar-refractivity contribution is 0.369. The molecule has 1 aliphatic carbocycles. The van der Waals surface area contributed by atoms with E-state index < -0.39 is 0 Å². The van der Waals surface area contributed by atoms with Gasteiger partial charge in [0.05, 0.1) is 14.2 Å². The van der Waals surface area contributed by atoms with Crippen molar-refractivity contribution in [1.29, 1.82) is 0 Å². The minimum absolute atomic E-state index is 0.0455. The van der Waals surface area contributed by atoms with E-state index in [1.807, 2.05) is 12.1 Å². The van der Waals surface area contributed by atoms with Gasteiger partial charge < -0.3 is 15.2 Å². The standard InChI is InChI=1S/C14H20ClNO2/c1-8(9-4-5-9)13(16)10-6-7-11(17-2)12(15)14(10)18-3/h6-9,13H,4-5,16H2,1-3H3. The third kappa shape index (κ3) is 2.43. The summed E-state index contributed by atoms with van der Waals surface area (Å²) in [4.78, 5) is 0. The van der Waals surface area contributed by atoms with Crippen LogP contribution in [0, 0.1) is 11.8 Å². The summed E-state index contributed by atoms with van der Waals surface area (Å²) in [7, 11) is 3.20. The van der Waals surface area contributed by atoms with Crippen LogP contribution in [-0.4, -0.2) is 14.2 Å². The summed E-state index contributed by atoms with van der Waals surface area (Å²) >= 11 is 6.25. The second-order valence-corrected chi connectivity index (χ2v) is 5.30. The number of nitrogens with two attached hydrogens (primary N) is 1. The highest BCUT2D eigenvalue weighted by Crippen LogP contribution is 2.46. The van der Waals surface area contributed by atoms with E-state index in [-0.39, 0.29) is 6.04 Å². The lowest BCUT2D eigenvalue weighted by atomic mass is 9.91. The Kier molecular flexibility index (Phi) is 4.03. The van der Waals surface area contributed by atoms with Crippen LogP contribution >= 0.6 is 11.6 Å². The van der Waals surface area contributed by atoms with Gasteiger partial charge in [0.15, 0.2) is 0 Å². The number of hydrogen-bond donors (Lipinski definition) is 1. The molecule has 3 nitrogen and oxygen atoms in total. The predicted octanol–water partition coefficient (Wildman–Crippen LogP) is 3.40. The van der Waals surface area contributed by atoms with Gasteiger partial charge in [0.1, 0.15) is 16.5 Å². The molecule has 100 valence electrons. The number of methoxy groups -OCH3 is 2. The van der Waals surface area contributed by atoms with E-state index in [1.54, 1.807) is 14.2 Å². The van der Waals surface area contributed by atoms with Crippen molar-refractivity contribution in [1.82, 2.24) is 0 Å². The minimum Gasteiger partial charge on any atom is -0.495 e. The maximum absolute atomic E-state index is 6.34. The number of benzene rings is 1. The summed E-state index contributed by atoms with van der Waals surface area (Å²) in [5.41, 5.74) is 7.30. The van der Waals surface area contributed by atoms with Gasteiger partial charge in [-0.15, -0.1) is 0 Å². The van der Waals surface area contributed by atoms with Crippen LogP contribution in [0.2, 0.25) is 5.02 Å². The average Bonchev–Trinajstić information content (AvgIpc) is 3.20. The lowest BCUT2D eigenvalue weighted by Gasteiger charge is -2.23. The maximum atomic E-state index is 6.34. The number of hydrogen-bond acceptors (Lipinski definition) is 3. The average molecular weight is 270 g/mol. The molecule has 4 heteroatoms. The van der Waals surface area contributed by atoms with Gasteiger partial charge in [-0.3, -0.25) is 0 Å². The zero-order chi connectivity index (χ0) is 13.3. The van der Waals surface area contributed by atoms with E-state index in [4.69, 9.17) is 26.8 Å². The Balaban J connectivity index is 2.34. The van der Waals surface area contributed by atoms with E-state index >= 15 is 0 Å². The molecule has 0 aliphatic heterocycles. The normalized spacial score (nSPS) is 18.3. The Bertz CT molecular complexity index is 432. The second kappa shape index (κ2) is 5.37. The van der Waals surface area contributed by atoms with Crippen LogP contribution in [-0.2, 0) is 0 Å². The molecule has 2 N–H and O–H groups in total. The smallest absolute Gasteiger partial charge is 0.146 e. The molecule has 0 bridgehead atoms. The molecule has 2 rings (SSSR count). The third-order valence-corrected chi connectivity index (χ3v) is 4.17. The van der Waals surface area contributed by atoms with Gasteiger partial charge in [-0.2, -0.15) is 0 Å². The van der Waals surface area contributed by atoms with Crippen LogP contribution in [0.1, 0.15) is 31.4 Å². The third-order valence-electron chi connectivity index (χ3n) is 3.81. The molecule has 1 aromatic carbocycles. The molecular formula is C14H20ClNO2. The van der Waals surface area contributed by atoms with E-state index in [0.717, 1.165) is 11.5 Å². The zero-order valence-corrected chi connectivity index (χ0v) is 11.8. The SMILES string of the molecule is COc1ccc(C(N)C(C)C2CC2)c(OC)c1Cl. The molecule has 2 atom stereocenters. The topological polar surface area (TPSA) is 44.5 Å². The van der Waals surface area contributed by atoms with Gasteiger partial charge in [0.2, 0.25) is 0 Å². The Morgan fingerprint density at radius 2 is 1.94 bits per heavy atom. The first-order valence-corrected chi connectivity index (χ1v) is 6.63. The quantitative estimate of drug-likeness (QED) is 0.891. The number of halogens is 1. The van der Waals surface area contributed by atoms with Crippen molar-refractivity contribution < 1.29 is 9.47 Å². The van der Waals surface area contributed by atoms with Crippen LogP contribution < -0.4 is 15.2 Å². The summed E-state index contributed by atoms with van der Waals surface area (Å²) in [6.45, 7) is 2.19. The zero-order valence-electron chi connectivity index (χ0n) is 11.1. The van der Waals surface area contributed by atoms with Crippen LogP contribution in [0.15, 0.2) is 12.1 Å². The van der Waals surface area contributed by atoms with Gasteiger partial charge >= 0.3 is 0 Å². The van der Waals surface area contributed by atoms with Crippen LogP contribution in [0.25, 0.3) is 0 Å². The minimum atomic E-state index is -0.0455. The molecule has 1 fully saturated rings. The monoisotopic (exact) mass is 269 g/mol. The Labute approximate surface area is 113 Å². The highest BCUT2D eigenvalue weighted by atomic mass is 35.5. The fraction of sp³-hybridized carbons (Fsp3) is 0.571.